The van der Waals surface area contributed by atoms with Crippen LogP contribution in [0.25, 0.3) is 0 Å². The summed E-state index contributed by atoms with van der Waals surface area (Å²) in [5, 5.41) is 4.04. The van der Waals surface area contributed by atoms with Gasteiger partial charge >= 0.3 is 5.97 Å². The van der Waals surface area contributed by atoms with Crippen LogP contribution in [-0.2, 0) is 4.74 Å². The lowest BCUT2D eigenvalue weighted by Gasteiger charge is -2.21. The van der Waals surface area contributed by atoms with E-state index in [1.54, 1.807) is 6.92 Å². The summed E-state index contributed by atoms with van der Waals surface area (Å²) in [6.07, 6.45) is 2.45. The highest BCUT2D eigenvalue weighted by Gasteiger charge is 2.21. The number of thioether (sulfide) groups is 1. The first kappa shape index (κ1) is 14.5. The number of carbonyl (C=O) groups excluding carboxylic acids is 1. The van der Waals surface area contributed by atoms with Crippen molar-refractivity contribution in [2.24, 2.45) is 5.92 Å². The Morgan fingerprint density at radius 2 is 2.26 bits per heavy atom. The minimum Gasteiger partial charge on any atom is -0.462 e. The zero-order valence-electron chi connectivity index (χ0n) is 11.0. The molecule has 0 saturated carbocycles. The normalized spacial score (nSPS) is 16.3. The van der Waals surface area contributed by atoms with Gasteiger partial charge in [0.2, 0.25) is 0 Å². The molecule has 1 aliphatic rings. The first-order valence-electron chi connectivity index (χ1n) is 6.46. The van der Waals surface area contributed by atoms with Gasteiger partial charge < -0.3 is 15.8 Å². The summed E-state index contributed by atoms with van der Waals surface area (Å²) in [6.45, 7) is 2.99. The Balaban J connectivity index is 1.97. The van der Waals surface area contributed by atoms with E-state index in [1.807, 2.05) is 11.8 Å². The largest absolute Gasteiger partial charge is 0.462 e. The minimum absolute atomic E-state index is 0.255. The van der Waals surface area contributed by atoms with Crippen molar-refractivity contribution in [1.29, 1.82) is 0 Å². The zero-order valence-corrected chi connectivity index (χ0v) is 12.6. The quantitative estimate of drug-likeness (QED) is 0.814. The van der Waals surface area contributed by atoms with E-state index in [9.17, 15) is 4.79 Å². The van der Waals surface area contributed by atoms with Crippen molar-refractivity contribution in [3.8, 4) is 0 Å². The maximum atomic E-state index is 11.8. The first-order valence-corrected chi connectivity index (χ1v) is 8.39. The van der Waals surface area contributed by atoms with Gasteiger partial charge in [0.1, 0.15) is 10.6 Å². The standard InChI is InChI=1S/C12H19N3O2S2/c1-2-17-12(16)9-10(13)15-19-11(9)14-7-8-3-5-18-6-4-8/h8,14H,2-7H2,1H3,(H2,13,15). The maximum Gasteiger partial charge on any atom is 0.344 e. The number of ether oxygens (including phenoxy) is 1. The van der Waals surface area contributed by atoms with Gasteiger partial charge in [-0.25, -0.2) is 4.79 Å². The van der Waals surface area contributed by atoms with Gasteiger partial charge in [-0.05, 0) is 48.7 Å². The molecule has 0 aromatic carbocycles. The number of nitrogens with zero attached hydrogens (tertiary/aromatic N) is 1. The van der Waals surface area contributed by atoms with E-state index >= 15 is 0 Å². The van der Waals surface area contributed by atoms with Crippen LogP contribution in [-0.4, -0.2) is 35.0 Å². The van der Waals surface area contributed by atoms with Crippen LogP contribution < -0.4 is 11.1 Å². The number of anilines is 2. The molecule has 0 spiro atoms. The van der Waals surface area contributed by atoms with Gasteiger partial charge in [-0.2, -0.15) is 16.1 Å². The summed E-state index contributed by atoms with van der Waals surface area (Å²) in [6, 6.07) is 0. The highest BCUT2D eigenvalue weighted by Crippen LogP contribution is 2.29. The molecule has 1 aliphatic heterocycles. The third kappa shape index (κ3) is 3.76. The predicted octanol–water partition coefficient (Wildman–Crippen LogP) is 2.46. The van der Waals surface area contributed by atoms with Crippen LogP contribution >= 0.6 is 23.3 Å². The topological polar surface area (TPSA) is 77.2 Å². The summed E-state index contributed by atoms with van der Waals surface area (Å²) < 4.78 is 9.04. The molecule has 0 unspecified atom stereocenters. The van der Waals surface area contributed by atoms with Crippen molar-refractivity contribution in [2.45, 2.75) is 19.8 Å². The maximum absolute atomic E-state index is 11.8. The number of nitrogens with one attached hydrogen (secondary N) is 1. The third-order valence-corrected chi connectivity index (χ3v) is 4.96. The van der Waals surface area contributed by atoms with Crippen molar-refractivity contribution in [3.05, 3.63) is 5.56 Å². The van der Waals surface area contributed by atoms with Gasteiger partial charge in [0.25, 0.3) is 0 Å². The number of esters is 1. The molecule has 7 heteroatoms. The lowest BCUT2D eigenvalue weighted by atomic mass is 10.0. The average molecular weight is 301 g/mol. The third-order valence-electron chi connectivity index (χ3n) is 3.09. The highest BCUT2D eigenvalue weighted by atomic mass is 32.2. The van der Waals surface area contributed by atoms with E-state index < -0.39 is 5.97 Å². The summed E-state index contributed by atoms with van der Waals surface area (Å²) in [5.41, 5.74) is 6.12. The SMILES string of the molecule is CCOC(=O)c1c(N)nsc1NCC1CCSCC1. The fourth-order valence-electron chi connectivity index (χ4n) is 2.01. The van der Waals surface area contributed by atoms with Crippen molar-refractivity contribution in [3.63, 3.8) is 0 Å². The fourth-order valence-corrected chi connectivity index (χ4v) is 3.92. The predicted molar refractivity (Wildman–Crippen MR) is 81.0 cm³/mol. The van der Waals surface area contributed by atoms with Crippen LogP contribution in [0.4, 0.5) is 10.8 Å². The van der Waals surface area contributed by atoms with Crippen molar-refractivity contribution < 1.29 is 9.53 Å². The van der Waals surface area contributed by atoms with Crippen LogP contribution in [0.5, 0.6) is 0 Å². The molecule has 5 nitrogen and oxygen atoms in total. The summed E-state index contributed by atoms with van der Waals surface area (Å²) in [5.74, 6) is 2.98. The lowest BCUT2D eigenvalue weighted by molar-refractivity contribution is 0.0529. The van der Waals surface area contributed by atoms with Gasteiger partial charge in [-0.1, -0.05) is 0 Å². The van der Waals surface area contributed by atoms with Crippen LogP contribution in [0.15, 0.2) is 0 Å². The second-order valence-electron chi connectivity index (χ2n) is 4.43. The molecule has 1 aromatic rings. The van der Waals surface area contributed by atoms with Crippen molar-refractivity contribution in [1.82, 2.24) is 4.37 Å². The Hall–Kier alpha value is -0.950. The number of hydrogen-bond acceptors (Lipinski definition) is 7. The Morgan fingerprint density at radius 3 is 2.95 bits per heavy atom. The molecule has 1 fully saturated rings. The Bertz CT molecular complexity index is 431. The number of rotatable bonds is 5. The zero-order chi connectivity index (χ0) is 13.7. The molecule has 19 heavy (non-hydrogen) atoms. The van der Waals surface area contributed by atoms with E-state index in [-0.39, 0.29) is 5.82 Å². The molecule has 0 aliphatic carbocycles. The van der Waals surface area contributed by atoms with Crippen LogP contribution in [0.2, 0.25) is 0 Å². The molecule has 1 saturated heterocycles. The van der Waals surface area contributed by atoms with Crippen LogP contribution in [0.3, 0.4) is 0 Å². The van der Waals surface area contributed by atoms with E-state index in [2.05, 4.69) is 9.69 Å². The molecular weight excluding hydrogens is 282 g/mol. The summed E-state index contributed by atoms with van der Waals surface area (Å²) in [4.78, 5) is 11.8. The second kappa shape index (κ2) is 7.00. The van der Waals surface area contributed by atoms with E-state index in [0.717, 1.165) is 11.5 Å². The summed E-state index contributed by atoms with van der Waals surface area (Å²) in [7, 11) is 0. The number of hydrogen-bond donors (Lipinski definition) is 2. The average Bonchev–Trinajstić information content (AvgIpc) is 2.79. The second-order valence-corrected chi connectivity index (χ2v) is 6.43. The van der Waals surface area contributed by atoms with Crippen molar-refractivity contribution >= 4 is 40.1 Å². The fraction of sp³-hybridized carbons (Fsp3) is 0.667. The van der Waals surface area contributed by atoms with E-state index in [0.29, 0.717) is 18.1 Å². The van der Waals surface area contributed by atoms with Gasteiger partial charge in [-0.3, -0.25) is 0 Å². The molecule has 2 heterocycles. The molecule has 0 bridgehead atoms. The van der Waals surface area contributed by atoms with E-state index in [4.69, 9.17) is 10.5 Å². The van der Waals surface area contributed by atoms with Gasteiger partial charge in [0.05, 0.1) is 6.61 Å². The molecule has 1 aromatic heterocycles. The molecule has 0 atom stereocenters. The Kier molecular flexibility index (Phi) is 5.33. The highest BCUT2D eigenvalue weighted by molar-refractivity contribution is 7.99. The Labute approximate surface area is 121 Å². The molecule has 0 radical (unpaired) electrons. The number of aromatic nitrogens is 1. The molecule has 106 valence electrons. The van der Waals surface area contributed by atoms with Gasteiger partial charge in [0, 0.05) is 6.54 Å². The smallest absolute Gasteiger partial charge is 0.344 e. The summed E-state index contributed by atoms with van der Waals surface area (Å²) >= 11 is 3.23. The minimum atomic E-state index is -0.393. The van der Waals surface area contributed by atoms with Crippen LogP contribution in [0.1, 0.15) is 30.1 Å². The number of nitrogen functional groups attached to an aromatic ring is 1. The monoisotopic (exact) mass is 301 g/mol. The van der Waals surface area contributed by atoms with Gasteiger partial charge in [0.15, 0.2) is 5.82 Å². The number of nitrogens with two attached hydrogens (primary N) is 1. The molecule has 2 rings (SSSR count). The van der Waals surface area contributed by atoms with E-state index in [1.165, 1.54) is 35.9 Å². The number of carbonyl (C=O) groups is 1. The molecule has 3 N–H and O–H groups in total. The Morgan fingerprint density at radius 1 is 1.53 bits per heavy atom. The lowest BCUT2D eigenvalue weighted by Crippen LogP contribution is -2.20. The van der Waals surface area contributed by atoms with Crippen molar-refractivity contribution in [2.75, 3.05) is 35.7 Å². The molecular formula is C12H19N3O2S2. The van der Waals surface area contributed by atoms with Gasteiger partial charge in [-0.15, -0.1) is 0 Å². The van der Waals surface area contributed by atoms with Crippen LogP contribution in [0, 0.1) is 5.92 Å². The molecule has 0 amide bonds. The first-order chi connectivity index (χ1) is 9.22.